The second kappa shape index (κ2) is 4.19. The van der Waals surface area contributed by atoms with E-state index in [2.05, 4.69) is 13.5 Å². The summed E-state index contributed by atoms with van der Waals surface area (Å²) >= 11 is 0. The van der Waals surface area contributed by atoms with Crippen molar-refractivity contribution in [2.24, 2.45) is 17.3 Å². The minimum absolute atomic E-state index is 0.341. The van der Waals surface area contributed by atoms with E-state index >= 15 is 0 Å². The van der Waals surface area contributed by atoms with Gasteiger partial charge in [-0.1, -0.05) is 24.6 Å². The first-order chi connectivity index (χ1) is 9.58. The Bertz CT molecular complexity index is 562. The van der Waals surface area contributed by atoms with Gasteiger partial charge in [0.1, 0.15) is 0 Å². The first-order valence-corrected chi connectivity index (χ1v) is 8.22. The SMILES string of the molecule is C=C1CC[C@@]2(C)CCC3=C4CCC(=O)C=C4CC[C@H]3[C@H]12. The third-order valence-corrected chi connectivity index (χ3v) is 6.48. The van der Waals surface area contributed by atoms with E-state index < -0.39 is 0 Å². The fraction of sp³-hybridized carbons (Fsp3) is 0.632. The van der Waals surface area contributed by atoms with E-state index in [1.807, 2.05) is 6.08 Å². The first-order valence-electron chi connectivity index (χ1n) is 8.22. The van der Waals surface area contributed by atoms with E-state index in [9.17, 15) is 4.79 Å². The molecule has 0 aromatic carbocycles. The number of hydrogen-bond acceptors (Lipinski definition) is 1. The third kappa shape index (κ3) is 1.65. The molecule has 20 heavy (non-hydrogen) atoms. The molecule has 0 N–H and O–H groups in total. The zero-order valence-electron chi connectivity index (χ0n) is 12.5. The van der Waals surface area contributed by atoms with E-state index in [4.69, 9.17) is 0 Å². The van der Waals surface area contributed by atoms with Crippen molar-refractivity contribution in [2.75, 3.05) is 0 Å². The van der Waals surface area contributed by atoms with Crippen LogP contribution in [0.25, 0.3) is 0 Å². The van der Waals surface area contributed by atoms with E-state index in [0.29, 0.717) is 11.2 Å². The Morgan fingerprint density at radius 1 is 1.15 bits per heavy atom. The molecule has 0 heterocycles. The Morgan fingerprint density at radius 2 is 1.95 bits per heavy atom. The van der Waals surface area contributed by atoms with Crippen LogP contribution in [0.3, 0.4) is 0 Å². The quantitative estimate of drug-likeness (QED) is 0.579. The second-order valence-electron chi connectivity index (χ2n) is 7.57. The van der Waals surface area contributed by atoms with Gasteiger partial charge in [0.15, 0.2) is 5.78 Å². The molecule has 2 saturated carbocycles. The Kier molecular flexibility index (Phi) is 2.64. The van der Waals surface area contributed by atoms with Gasteiger partial charge in [-0.05, 0) is 79.4 Å². The topological polar surface area (TPSA) is 17.1 Å². The lowest BCUT2D eigenvalue weighted by atomic mass is 9.57. The lowest BCUT2D eigenvalue weighted by Crippen LogP contribution is -2.37. The van der Waals surface area contributed by atoms with Crippen molar-refractivity contribution in [3.05, 3.63) is 34.9 Å². The molecule has 0 aromatic rings. The highest BCUT2D eigenvalue weighted by Crippen LogP contribution is 2.61. The zero-order valence-corrected chi connectivity index (χ0v) is 12.5. The summed E-state index contributed by atoms with van der Waals surface area (Å²) in [5, 5.41) is 0. The van der Waals surface area contributed by atoms with Crippen molar-refractivity contribution in [1.29, 1.82) is 0 Å². The molecule has 4 aliphatic rings. The maximum absolute atomic E-state index is 11.7. The van der Waals surface area contributed by atoms with Crippen LogP contribution in [0.1, 0.15) is 58.3 Å². The largest absolute Gasteiger partial charge is 0.295 e. The maximum Gasteiger partial charge on any atom is 0.156 e. The standard InChI is InChI=1S/C19H24O/c1-12-7-9-19(2)10-8-16-15-6-4-14(20)11-13(15)3-5-17(16)18(12)19/h11,17-18H,1,3-10H2,2H3/t17-,18+,19+/m1/s1. The van der Waals surface area contributed by atoms with Crippen LogP contribution in [0.15, 0.2) is 34.9 Å². The smallest absolute Gasteiger partial charge is 0.156 e. The summed E-state index contributed by atoms with van der Waals surface area (Å²) in [5.41, 5.74) is 6.68. The molecule has 0 aliphatic heterocycles. The van der Waals surface area contributed by atoms with Gasteiger partial charge in [0.25, 0.3) is 0 Å². The van der Waals surface area contributed by atoms with E-state index in [-0.39, 0.29) is 0 Å². The average Bonchev–Trinajstić information content (AvgIpc) is 2.74. The molecule has 0 aromatic heterocycles. The number of allylic oxidation sites excluding steroid dienone is 5. The fourth-order valence-electron chi connectivity index (χ4n) is 5.49. The van der Waals surface area contributed by atoms with Crippen LogP contribution in [0.4, 0.5) is 0 Å². The molecule has 0 radical (unpaired) electrons. The predicted octanol–water partition coefficient (Wildman–Crippen LogP) is 4.75. The number of carbonyl (C=O) groups is 1. The van der Waals surface area contributed by atoms with E-state index in [0.717, 1.165) is 31.1 Å². The van der Waals surface area contributed by atoms with Crippen LogP contribution in [-0.4, -0.2) is 5.78 Å². The number of fused-ring (bicyclic) bond motifs is 4. The number of hydrogen-bond donors (Lipinski definition) is 0. The van der Waals surface area contributed by atoms with Gasteiger partial charge in [0.2, 0.25) is 0 Å². The fourth-order valence-corrected chi connectivity index (χ4v) is 5.49. The molecule has 0 bridgehead atoms. The van der Waals surface area contributed by atoms with Crippen molar-refractivity contribution in [3.8, 4) is 0 Å². The third-order valence-electron chi connectivity index (χ3n) is 6.48. The molecule has 0 spiro atoms. The van der Waals surface area contributed by atoms with Crippen molar-refractivity contribution in [3.63, 3.8) is 0 Å². The zero-order chi connectivity index (χ0) is 13.9. The van der Waals surface area contributed by atoms with Crippen molar-refractivity contribution in [2.45, 2.75) is 58.3 Å². The molecule has 0 amide bonds. The lowest BCUT2D eigenvalue weighted by Gasteiger charge is -2.47. The monoisotopic (exact) mass is 268 g/mol. The van der Waals surface area contributed by atoms with E-state index in [1.54, 1.807) is 11.1 Å². The highest BCUT2D eigenvalue weighted by atomic mass is 16.1. The van der Waals surface area contributed by atoms with Crippen LogP contribution in [-0.2, 0) is 4.79 Å². The Balaban J connectivity index is 1.78. The molecule has 0 unspecified atom stereocenters. The summed E-state index contributed by atoms with van der Waals surface area (Å²) in [5.74, 6) is 1.80. The second-order valence-corrected chi connectivity index (χ2v) is 7.57. The summed E-state index contributed by atoms with van der Waals surface area (Å²) in [6.45, 7) is 6.89. The number of rotatable bonds is 0. The van der Waals surface area contributed by atoms with Gasteiger partial charge >= 0.3 is 0 Å². The Labute approximate surface area is 121 Å². The van der Waals surface area contributed by atoms with Crippen molar-refractivity contribution in [1.82, 2.24) is 0 Å². The van der Waals surface area contributed by atoms with Crippen LogP contribution in [0.5, 0.6) is 0 Å². The summed E-state index contributed by atoms with van der Waals surface area (Å²) < 4.78 is 0. The molecule has 1 nitrogen and oxygen atoms in total. The van der Waals surface area contributed by atoms with Crippen molar-refractivity contribution < 1.29 is 4.79 Å². The van der Waals surface area contributed by atoms with Gasteiger partial charge in [0.05, 0.1) is 0 Å². The van der Waals surface area contributed by atoms with Gasteiger partial charge < -0.3 is 0 Å². The van der Waals surface area contributed by atoms with Crippen LogP contribution in [0, 0.1) is 17.3 Å². The highest BCUT2D eigenvalue weighted by molar-refractivity contribution is 5.93. The summed E-state index contributed by atoms with van der Waals surface area (Å²) in [4.78, 5) is 11.7. The molecule has 0 saturated heterocycles. The molecule has 106 valence electrons. The highest BCUT2D eigenvalue weighted by Gasteiger charge is 2.50. The summed E-state index contributed by atoms with van der Waals surface area (Å²) in [7, 11) is 0. The van der Waals surface area contributed by atoms with Gasteiger partial charge in [0, 0.05) is 6.42 Å². The Morgan fingerprint density at radius 3 is 2.80 bits per heavy atom. The first kappa shape index (κ1) is 12.6. The van der Waals surface area contributed by atoms with Crippen LogP contribution < -0.4 is 0 Å². The van der Waals surface area contributed by atoms with Crippen molar-refractivity contribution >= 4 is 5.78 Å². The minimum atomic E-state index is 0.341. The minimum Gasteiger partial charge on any atom is -0.295 e. The molecular weight excluding hydrogens is 244 g/mol. The van der Waals surface area contributed by atoms with Crippen LogP contribution >= 0.6 is 0 Å². The van der Waals surface area contributed by atoms with Gasteiger partial charge in [-0.2, -0.15) is 0 Å². The average molecular weight is 268 g/mol. The Hall–Kier alpha value is -1.11. The van der Waals surface area contributed by atoms with Gasteiger partial charge in [-0.25, -0.2) is 0 Å². The lowest BCUT2D eigenvalue weighted by molar-refractivity contribution is -0.114. The molecule has 1 heteroatoms. The van der Waals surface area contributed by atoms with Gasteiger partial charge in [-0.3, -0.25) is 4.79 Å². The molecule has 4 rings (SSSR count). The molecule has 4 aliphatic carbocycles. The van der Waals surface area contributed by atoms with E-state index in [1.165, 1.54) is 43.3 Å². The summed E-state index contributed by atoms with van der Waals surface area (Å²) in [6.07, 6.45) is 11.2. The molecule has 3 atom stereocenters. The molecular formula is C19H24O. The molecule has 2 fully saturated rings. The van der Waals surface area contributed by atoms with Gasteiger partial charge in [-0.15, -0.1) is 0 Å². The maximum atomic E-state index is 11.7. The summed E-state index contributed by atoms with van der Waals surface area (Å²) in [6, 6.07) is 0. The predicted molar refractivity (Wildman–Crippen MR) is 81.3 cm³/mol. The van der Waals surface area contributed by atoms with Crippen LogP contribution in [0.2, 0.25) is 0 Å². The number of ketones is 1. The normalized spacial score (nSPS) is 40.1. The number of carbonyl (C=O) groups excluding carboxylic acids is 1.